The molecule has 20 heavy (non-hydrogen) atoms. The summed E-state index contributed by atoms with van der Waals surface area (Å²) in [5.41, 5.74) is 0.780. The highest BCUT2D eigenvalue weighted by Crippen LogP contribution is 2.28. The first-order valence-electron chi connectivity index (χ1n) is 5.97. The predicted molar refractivity (Wildman–Crippen MR) is 72.1 cm³/mol. The zero-order chi connectivity index (χ0) is 14.3. The summed E-state index contributed by atoms with van der Waals surface area (Å²) in [6, 6.07) is 2.90. The Labute approximate surface area is 119 Å². The summed E-state index contributed by atoms with van der Waals surface area (Å²) >= 11 is 5.19. The summed E-state index contributed by atoms with van der Waals surface area (Å²) in [7, 11) is 1.47. The lowest BCUT2D eigenvalue weighted by Gasteiger charge is -2.12. The molecule has 1 unspecified atom stereocenters. The molecular weight excluding hydrogens is 278 g/mol. The van der Waals surface area contributed by atoms with Crippen LogP contribution in [-0.4, -0.2) is 43.5 Å². The summed E-state index contributed by atoms with van der Waals surface area (Å²) in [5, 5.41) is 6.83. The minimum Gasteiger partial charge on any atom is -0.287 e. The van der Waals surface area contributed by atoms with E-state index in [0.717, 1.165) is 10.5 Å². The maximum atomic E-state index is 12.1. The lowest BCUT2D eigenvalue weighted by atomic mass is 10.2. The number of amides is 2. The predicted octanol–water partition coefficient (Wildman–Crippen LogP) is 0.932. The van der Waals surface area contributed by atoms with Crippen molar-refractivity contribution in [1.82, 2.24) is 24.6 Å². The van der Waals surface area contributed by atoms with Gasteiger partial charge in [0.15, 0.2) is 10.6 Å². The third kappa shape index (κ3) is 1.85. The number of imide groups is 1. The topological polar surface area (TPSA) is 83.9 Å². The maximum absolute atomic E-state index is 12.1. The molecule has 1 aliphatic heterocycles. The second-order valence-electron chi connectivity index (χ2n) is 4.47. The molecule has 1 aliphatic rings. The number of nitrogens with one attached hydrogen (secondary N) is 1. The Kier molecular flexibility index (Phi) is 2.94. The fourth-order valence-electron chi connectivity index (χ4n) is 2.24. The van der Waals surface area contributed by atoms with E-state index in [1.165, 1.54) is 7.05 Å². The van der Waals surface area contributed by atoms with Crippen LogP contribution in [0, 0.1) is 4.77 Å². The summed E-state index contributed by atoms with van der Waals surface area (Å²) in [5.74, 6) is 0.0328. The Morgan fingerprint density at radius 1 is 1.35 bits per heavy atom. The molecule has 2 aromatic rings. The number of aromatic nitrogens is 4. The van der Waals surface area contributed by atoms with Crippen molar-refractivity contribution in [2.24, 2.45) is 0 Å². The molecule has 1 atom stereocenters. The zero-order valence-electron chi connectivity index (χ0n) is 10.6. The molecule has 8 heteroatoms. The average Bonchev–Trinajstić information content (AvgIpc) is 2.95. The smallest absolute Gasteiger partial charge is 0.252 e. The first-order chi connectivity index (χ1) is 9.59. The molecular formula is C12H11N5O2S. The van der Waals surface area contributed by atoms with Gasteiger partial charge in [0.05, 0.1) is 6.42 Å². The van der Waals surface area contributed by atoms with Crippen molar-refractivity contribution in [3.05, 3.63) is 29.3 Å². The third-order valence-electron chi connectivity index (χ3n) is 3.31. The highest BCUT2D eigenvalue weighted by Gasteiger charge is 2.39. The van der Waals surface area contributed by atoms with Crippen LogP contribution >= 0.6 is 12.2 Å². The highest BCUT2D eigenvalue weighted by molar-refractivity contribution is 7.71. The molecule has 102 valence electrons. The van der Waals surface area contributed by atoms with Crippen molar-refractivity contribution >= 4 is 24.0 Å². The number of likely N-dealkylation sites (tertiary alicyclic amines) is 1. The normalized spacial score (nSPS) is 18.9. The highest BCUT2D eigenvalue weighted by atomic mass is 32.1. The van der Waals surface area contributed by atoms with E-state index in [9.17, 15) is 9.59 Å². The van der Waals surface area contributed by atoms with Crippen molar-refractivity contribution in [3.8, 4) is 11.4 Å². The summed E-state index contributed by atoms with van der Waals surface area (Å²) in [6.45, 7) is 0. The number of pyridine rings is 1. The molecule has 1 saturated heterocycles. The molecule has 3 heterocycles. The van der Waals surface area contributed by atoms with Crippen molar-refractivity contribution in [2.45, 2.75) is 12.5 Å². The number of carbonyl (C=O) groups excluding carboxylic acids is 2. The van der Waals surface area contributed by atoms with Crippen LogP contribution in [-0.2, 0) is 9.59 Å². The van der Waals surface area contributed by atoms with Gasteiger partial charge in [0, 0.05) is 25.0 Å². The van der Waals surface area contributed by atoms with Crippen LogP contribution in [0.4, 0.5) is 0 Å². The van der Waals surface area contributed by atoms with E-state index in [0.29, 0.717) is 10.6 Å². The third-order valence-corrected chi connectivity index (χ3v) is 3.60. The Morgan fingerprint density at radius 2 is 2.05 bits per heavy atom. The Bertz CT molecular complexity index is 736. The molecule has 0 bridgehead atoms. The quantitative estimate of drug-likeness (QED) is 0.657. The molecule has 0 aromatic carbocycles. The minimum absolute atomic E-state index is 0.0985. The summed E-state index contributed by atoms with van der Waals surface area (Å²) < 4.78 is 1.91. The second-order valence-corrected chi connectivity index (χ2v) is 4.86. The van der Waals surface area contributed by atoms with Gasteiger partial charge in [0.25, 0.3) is 5.91 Å². The molecule has 2 amide bonds. The number of aromatic amines is 1. The van der Waals surface area contributed by atoms with Gasteiger partial charge in [-0.15, -0.1) is 0 Å². The number of likely N-dealkylation sites (N-methyl/N-ethyl adjacent to an activating group) is 1. The largest absolute Gasteiger partial charge is 0.287 e. The number of nitrogens with zero attached hydrogens (tertiary/aromatic N) is 4. The Balaban J connectivity index is 2.12. The van der Waals surface area contributed by atoms with Gasteiger partial charge in [-0.2, -0.15) is 5.10 Å². The van der Waals surface area contributed by atoms with E-state index in [1.807, 2.05) is 0 Å². The van der Waals surface area contributed by atoms with E-state index in [4.69, 9.17) is 12.2 Å². The monoisotopic (exact) mass is 289 g/mol. The van der Waals surface area contributed by atoms with Gasteiger partial charge in [-0.25, -0.2) is 0 Å². The molecule has 2 aromatic heterocycles. The molecule has 3 rings (SSSR count). The number of hydrogen-bond acceptors (Lipinski definition) is 5. The van der Waals surface area contributed by atoms with Gasteiger partial charge in [-0.1, -0.05) is 0 Å². The lowest BCUT2D eigenvalue weighted by molar-refractivity contribution is -0.137. The fourth-order valence-corrected chi connectivity index (χ4v) is 2.50. The van der Waals surface area contributed by atoms with E-state index in [1.54, 1.807) is 29.1 Å². The van der Waals surface area contributed by atoms with Crippen LogP contribution in [0.2, 0.25) is 0 Å². The van der Waals surface area contributed by atoms with Gasteiger partial charge >= 0.3 is 0 Å². The summed E-state index contributed by atoms with van der Waals surface area (Å²) in [4.78, 5) is 28.9. The van der Waals surface area contributed by atoms with Crippen molar-refractivity contribution in [2.75, 3.05) is 7.05 Å². The fraction of sp³-hybridized carbons (Fsp3) is 0.250. The van der Waals surface area contributed by atoms with Gasteiger partial charge < -0.3 is 0 Å². The summed E-state index contributed by atoms with van der Waals surface area (Å²) in [6.07, 6.45) is 3.36. The van der Waals surface area contributed by atoms with Gasteiger partial charge in [0.1, 0.15) is 6.04 Å². The van der Waals surface area contributed by atoms with Crippen LogP contribution in [0.5, 0.6) is 0 Å². The SMILES string of the molecule is CN1C(=O)CC(n2c(-c3ccncc3)n[nH]c2=S)C1=O. The zero-order valence-corrected chi connectivity index (χ0v) is 11.4. The molecule has 0 aliphatic carbocycles. The number of hydrogen-bond donors (Lipinski definition) is 1. The van der Waals surface area contributed by atoms with Crippen molar-refractivity contribution in [1.29, 1.82) is 0 Å². The molecule has 0 saturated carbocycles. The van der Waals surface area contributed by atoms with Crippen LogP contribution in [0.1, 0.15) is 12.5 Å². The molecule has 7 nitrogen and oxygen atoms in total. The first kappa shape index (κ1) is 12.7. The maximum Gasteiger partial charge on any atom is 0.252 e. The lowest BCUT2D eigenvalue weighted by Crippen LogP contribution is -2.27. The minimum atomic E-state index is -0.637. The van der Waals surface area contributed by atoms with E-state index in [-0.39, 0.29) is 18.2 Å². The molecule has 1 N–H and O–H groups in total. The van der Waals surface area contributed by atoms with Gasteiger partial charge in [-0.3, -0.25) is 29.1 Å². The van der Waals surface area contributed by atoms with Crippen LogP contribution in [0.15, 0.2) is 24.5 Å². The molecule has 1 fully saturated rings. The number of H-pyrrole nitrogens is 1. The number of rotatable bonds is 2. The standard InChI is InChI=1S/C12H11N5O2S/c1-16-9(18)6-8(11(16)19)17-10(14-15-12(17)20)7-2-4-13-5-3-7/h2-5,8H,6H2,1H3,(H,15,20). The van der Waals surface area contributed by atoms with Crippen molar-refractivity contribution < 1.29 is 9.59 Å². The van der Waals surface area contributed by atoms with Gasteiger partial charge in [-0.05, 0) is 24.4 Å². The Hall–Kier alpha value is -2.35. The molecule has 0 radical (unpaired) electrons. The van der Waals surface area contributed by atoms with Crippen molar-refractivity contribution in [3.63, 3.8) is 0 Å². The van der Waals surface area contributed by atoms with Crippen LogP contribution in [0.3, 0.4) is 0 Å². The Morgan fingerprint density at radius 3 is 2.65 bits per heavy atom. The van der Waals surface area contributed by atoms with Crippen LogP contribution in [0.25, 0.3) is 11.4 Å². The number of carbonyl (C=O) groups is 2. The first-order valence-corrected chi connectivity index (χ1v) is 6.38. The van der Waals surface area contributed by atoms with E-state index >= 15 is 0 Å². The average molecular weight is 289 g/mol. The van der Waals surface area contributed by atoms with E-state index < -0.39 is 6.04 Å². The van der Waals surface area contributed by atoms with Gasteiger partial charge in [0.2, 0.25) is 5.91 Å². The second kappa shape index (κ2) is 4.64. The van der Waals surface area contributed by atoms with E-state index in [2.05, 4.69) is 15.2 Å². The molecule has 0 spiro atoms. The van der Waals surface area contributed by atoms with Crippen LogP contribution < -0.4 is 0 Å².